The average Bonchev–Trinajstić information content (AvgIpc) is 3.16. The van der Waals surface area contributed by atoms with Crippen molar-refractivity contribution >= 4 is 11.8 Å². The van der Waals surface area contributed by atoms with Gasteiger partial charge in [0.2, 0.25) is 11.8 Å². The van der Waals surface area contributed by atoms with Crippen molar-refractivity contribution in [3.63, 3.8) is 0 Å². The van der Waals surface area contributed by atoms with Crippen molar-refractivity contribution < 1.29 is 9.59 Å². The van der Waals surface area contributed by atoms with Crippen LogP contribution >= 0.6 is 0 Å². The summed E-state index contributed by atoms with van der Waals surface area (Å²) in [6.07, 6.45) is 4.06. The first-order chi connectivity index (χ1) is 11.1. The highest BCUT2D eigenvalue weighted by Crippen LogP contribution is 2.26. The van der Waals surface area contributed by atoms with Crippen LogP contribution in [0.25, 0.3) is 0 Å². The molecule has 2 amide bonds. The van der Waals surface area contributed by atoms with E-state index in [9.17, 15) is 9.59 Å². The number of nitrogens with one attached hydrogen (secondary N) is 1. The Morgan fingerprint density at radius 1 is 1.30 bits per heavy atom. The average molecular weight is 315 g/mol. The van der Waals surface area contributed by atoms with E-state index in [2.05, 4.69) is 5.32 Å². The van der Waals surface area contributed by atoms with Crippen LogP contribution in [0.3, 0.4) is 0 Å². The van der Waals surface area contributed by atoms with E-state index in [1.807, 2.05) is 35.2 Å². The monoisotopic (exact) mass is 315 g/mol. The second-order valence-electron chi connectivity index (χ2n) is 6.69. The first-order valence-corrected chi connectivity index (χ1v) is 8.52. The molecule has 1 saturated carbocycles. The minimum absolute atomic E-state index is 0.00509. The molecule has 5 heteroatoms. The minimum atomic E-state index is -0.150. The molecule has 3 unspecified atom stereocenters. The maximum absolute atomic E-state index is 12.6. The van der Waals surface area contributed by atoms with E-state index in [-0.39, 0.29) is 29.8 Å². The largest absolute Gasteiger partial charge is 0.347 e. The van der Waals surface area contributed by atoms with E-state index >= 15 is 0 Å². The van der Waals surface area contributed by atoms with Gasteiger partial charge >= 0.3 is 0 Å². The standard InChI is InChI=1S/C18H25N3O2/c19-15-9-8-14(11-15)18(23)20-16(13-5-2-1-3-6-13)12-21-10-4-7-17(21)22/h1-3,5-6,14-16H,4,7-12,19H2,(H,20,23). The summed E-state index contributed by atoms with van der Waals surface area (Å²) in [5.41, 5.74) is 6.97. The molecule has 2 aliphatic rings. The molecule has 1 aliphatic heterocycles. The number of carbonyl (C=O) groups is 2. The van der Waals surface area contributed by atoms with Gasteiger partial charge in [-0.15, -0.1) is 0 Å². The lowest BCUT2D eigenvalue weighted by Gasteiger charge is -2.26. The number of benzene rings is 1. The SMILES string of the molecule is NC1CCC(C(=O)NC(CN2CCCC2=O)c2ccccc2)C1. The topological polar surface area (TPSA) is 75.4 Å². The van der Waals surface area contributed by atoms with Crippen molar-refractivity contribution in [2.24, 2.45) is 11.7 Å². The predicted molar refractivity (Wildman–Crippen MR) is 88.5 cm³/mol. The zero-order valence-corrected chi connectivity index (χ0v) is 13.4. The highest BCUT2D eigenvalue weighted by molar-refractivity contribution is 5.80. The zero-order valence-electron chi connectivity index (χ0n) is 13.4. The summed E-state index contributed by atoms with van der Waals surface area (Å²) in [4.78, 5) is 26.3. The molecule has 5 nitrogen and oxygen atoms in total. The zero-order chi connectivity index (χ0) is 16.2. The van der Waals surface area contributed by atoms with Gasteiger partial charge in [-0.05, 0) is 31.2 Å². The third kappa shape index (κ3) is 3.91. The molecule has 1 aromatic carbocycles. The number of hydrogen-bond acceptors (Lipinski definition) is 3. The maximum Gasteiger partial charge on any atom is 0.223 e. The third-order valence-corrected chi connectivity index (χ3v) is 4.94. The number of likely N-dealkylation sites (tertiary alicyclic amines) is 1. The van der Waals surface area contributed by atoms with Crippen LogP contribution < -0.4 is 11.1 Å². The van der Waals surface area contributed by atoms with Gasteiger partial charge in [-0.2, -0.15) is 0 Å². The minimum Gasteiger partial charge on any atom is -0.347 e. The van der Waals surface area contributed by atoms with Crippen molar-refractivity contribution in [2.75, 3.05) is 13.1 Å². The quantitative estimate of drug-likeness (QED) is 0.866. The van der Waals surface area contributed by atoms with Crippen LogP contribution in [0.1, 0.15) is 43.7 Å². The Labute approximate surface area is 137 Å². The lowest BCUT2D eigenvalue weighted by molar-refractivity contribution is -0.130. The summed E-state index contributed by atoms with van der Waals surface area (Å²) in [6.45, 7) is 1.33. The van der Waals surface area contributed by atoms with Crippen LogP contribution in [-0.4, -0.2) is 35.8 Å². The van der Waals surface area contributed by atoms with Crippen molar-refractivity contribution in [3.05, 3.63) is 35.9 Å². The van der Waals surface area contributed by atoms with Gasteiger partial charge in [0.25, 0.3) is 0 Å². The van der Waals surface area contributed by atoms with E-state index in [1.54, 1.807) is 0 Å². The van der Waals surface area contributed by atoms with Crippen molar-refractivity contribution in [1.29, 1.82) is 0 Å². The molecular formula is C18H25N3O2. The van der Waals surface area contributed by atoms with Crippen LogP contribution in [0.5, 0.6) is 0 Å². The van der Waals surface area contributed by atoms with Crippen LogP contribution in [0.4, 0.5) is 0 Å². The van der Waals surface area contributed by atoms with Gasteiger partial charge in [-0.3, -0.25) is 9.59 Å². The summed E-state index contributed by atoms with van der Waals surface area (Å²) in [5.74, 6) is 0.256. The van der Waals surface area contributed by atoms with Gasteiger partial charge in [0.15, 0.2) is 0 Å². The van der Waals surface area contributed by atoms with Gasteiger partial charge in [-0.1, -0.05) is 30.3 Å². The molecule has 3 atom stereocenters. The maximum atomic E-state index is 12.6. The fourth-order valence-electron chi connectivity index (χ4n) is 3.58. The second-order valence-corrected chi connectivity index (χ2v) is 6.69. The molecule has 23 heavy (non-hydrogen) atoms. The third-order valence-electron chi connectivity index (χ3n) is 4.94. The number of hydrogen-bond donors (Lipinski definition) is 2. The Morgan fingerprint density at radius 3 is 2.70 bits per heavy atom. The molecule has 0 bridgehead atoms. The van der Waals surface area contributed by atoms with E-state index in [0.717, 1.165) is 37.8 Å². The molecule has 3 rings (SSSR count). The molecule has 2 fully saturated rings. The van der Waals surface area contributed by atoms with E-state index in [4.69, 9.17) is 5.73 Å². The van der Waals surface area contributed by atoms with E-state index in [0.29, 0.717) is 13.0 Å². The number of carbonyl (C=O) groups excluding carboxylic acids is 2. The van der Waals surface area contributed by atoms with Crippen LogP contribution in [0, 0.1) is 5.92 Å². The Hall–Kier alpha value is -1.88. The smallest absolute Gasteiger partial charge is 0.223 e. The lowest BCUT2D eigenvalue weighted by Crippen LogP contribution is -2.40. The molecule has 0 aromatic heterocycles. The van der Waals surface area contributed by atoms with Crippen molar-refractivity contribution in [1.82, 2.24) is 10.2 Å². The highest BCUT2D eigenvalue weighted by Gasteiger charge is 2.31. The van der Waals surface area contributed by atoms with Crippen molar-refractivity contribution in [2.45, 2.75) is 44.2 Å². The van der Waals surface area contributed by atoms with E-state index in [1.165, 1.54) is 0 Å². The molecule has 0 radical (unpaired) electrons. The van der Waals surface area contributed by atoms with E-state index < -0.39 is 0 Å². The summed E-state index contributed by atoms with van der Waals surface area (Å²) in [7, 11) is 0. The Balaban J connectivity index is 1.70. The molecule has 1 aliphatic carbocycles. The fraction of sp³-hybridized carbons (Fsp3) is 0.556. The molecule has 0 spiro atoms. The first kappa shape index (κ1) is 16.0. The molecule has 124 valence electrons. The predicted octanol–water partition coefficient (Wildman–Crippen LogP) is 1.59. The summed E-state index contributed by atoms with van der Waals surface area (Å²) >= 11 is 0. The first-order valence-electron chi connectivity index (χ1n) is 8.52. The van der Waals surface area contributed by atoms with Crippen LogP contribution in [0.2, 0.25) is 0 Å². The number of amides is 2. The second kappa shape index (κ2) is 7.13. The summed E-state index contributed by atoms with van der Waals surface area (Å²) in [6, 6.07) is 9.89. The van der Waals surface area contributed by atoms with Gasteiger partial charge < -0.3 is 16.0 Å². The Bertz CT molecular complexity index is 561. The van der Waals surface area contributed by atoms with Crippen LogP contribution in [0.15, 0.2) is 30.3 Å². The number of nitrogens with two attached hydrogens (primary N) is 1. The number of nitrogens with zero attached hydrogens (tertiary/aromatic N) is 1. The Kier molecular flexibility index (Phi) is 4.96. The molecule has 3 N–H and O–H groups in total. The molecule has 1 heterocycles. The Morgan fingerprint density at radius 2 is 2.09 bits per heavy atom. The molecular weight excluding hydrogens is 290 g/mol. The van der Waals surface area contributed by atoms with Crippen LogP contribution in [-0.2, 0) is 9.59 Å². The molecule has 1 aromatic rings. The summed E-state index contributed by atoms with van der Waals surface area (Å²) < 4.78 is 0. The lowest BCUT2D eigenvalue weighted by atomic mass is 10.0. The van der Waals surface area contributed by atoms with Gasteiger partial charge in [0.05, 0.1) is 6.04 Å². The van der Waals surface area contributed by atoms with Crippen molar-refractivity contribution in [3.8, 4) is 0 Å². The number of rotatable bonds is 5. The van der Waals surface area contributed by atoms with Gasteiger partial charge in [-0.25, -0.2) is 0 Å². The van der Waals surface area contributed by atoms with Gasteiger partial charge in [0.1, 0.15) is 0 Å². The van der Waals surface area contributed by atoms with Gasteiger partial charge in [0, 0.05) is 31.5 Å². The molecule has 1 saturated heterocycles. The normalized spacial score (nSPS) is 25.6. The fourth-order valence-corrected chi connectivity index (χ4v) is 3.58. The highest BCUT2D eigenvalue weighted by atomic mass is 16.2. The summed E-state index contributed by atoms with van der Waals surface area (Å²) in [5, 5.41) is 3.15.